The fourth-order valence-electron chi connectivity index (χ4n) is 2.40. The second kappa shape index (κ2) is 10.4. The Bertz CT molecular complexity index is 896. The number of benzene rings is 2. The van der Waals surface area contributed by atoms with Crippen LogP contribution in [0.1, 0.15) is 23.6 Å². The number of hydrogen-bond acceptors (Lipinski definition) is 5. The van der Waals surface area contributed by atoms with Crippen LogP contribution in [0.25, 0.3) is 6.08 Å². The van der Waals surface area contributed by atoms with Crippen molar-refractivity contribution in [2.24, 2.45) is 0 Å². The molecule has 0 spiro atoms. The average Bonchev–Trinajstić information content (AvgIpc) is 2.71. The predicted molar refractivity (Wildman–Crippen MR) is 104 cm³/mol. The van der Waals surface area contributed by atoms with E-state index in [1.54, 1.807) is 24.3 Å². The third kappa shape index (κ3) is 6.89. The summed E-state index contributed by atoms with van der Waals surface area (Å²) in [6.45, 7) is 0.926. The minimum Gasteiger partial charge on any atom is -0.452 e. The number of carbonyl (C=O) groups is 3. The zero-order valence-corrected chi connectivity index (χ0v) is 15.4. The molecule has 0 radical (unpaired) electrons. The zero-order chi connectivity index (χ0) is 20.4. The number of Topliss-reactive ketones (excluding diaryl/α,β-unsaturated/α-hetero) is 1. The van der Waals surface area contributed by atoms with Gasteiger partial charge >= 0.3 is 5.97 Å². The minimum atomic E-state index is -0.679. The van der Waals surface area contributed by atoms with Crippen LogP contribution in [0.2, 0.25) is 0 Å². The maximum atomic E-state index is 12.0. The molecule has 2 aromatic rings. The summed E-state index contributed by atoms with van der Waals surface area (Å²) in [6.07, 6.45) is 3.09. The third-order valence-corrected chi connectivity index (χ3v) is 3.91. The highest BCUT2D eigenvalue weighted by Gasteiger charge is 2.18. The van der Waals surface area contributed by atoms with Gasteiger partial charge in [-0.1, -0.05) is 42.5 Å². The number of ketones is 1. The standard InChI is InChI=1S/C22H20N2O4/c1-16(25)20(13-18-5-3-2-4-6-18)24-21(26)15-28-22(27)12-11-17-7-9-19(14-23)10-8-17/h2-12,20H,13,15H2,1H3,(H,24,26)/b12-11+/t20-/m1/s1. The van der Waals surface area contributed by atoms with Crippen LogP contribution in [0.5, 0.6) is 0 Å². The number of esters is 1. The van der Waals surface area contributed by atoms with Crippen molar-refractivity contribution in [1.82, 2.24) is 5.32 Å². The highest BCUT2D eigenvalue weighted by atomic mass is 16.5. The highest BCUT2D eigenvalue weighted by molar-refractivity contribution is 5.91. The smallest absolute Gasteiger partial charge is 0.331 e. The van der Waals surface area contributed by atoms with E-state index in [4.69, 9.17) is 10.00 Å². The molecule has 0 aliphatic heterocycles. The monoisotopic (exact) mass is 376 g/mol. The van der Waals surface area contributed by atoms with Crippen LogP contribution in [0, 0.1) is 11.3 Å². The second-order valence-electron chi connectivity index (χ2n) is 6.10. The van der Waals surface area contributed by atoms with E-state index in [1.165, 1.54) is 19.1 Å². The molecular formula is C22H20N2O4. The van der Waals surface area contributed by atoms with Crippen molar-refractivity contribution in [2.45, 2.75) is 19.4 Å². The van der Waals surface area contributed by atoms with Crippen LogP contribution in [-0.4, -0.2) is 30.3 Å². The lowest BCUT2D eigenvalue weighted by Crippen LogP contribution is -2.43. The quantitative estimate of drug-likeness (QED) is 0.564. The summed E-state index contributed by atoms with van der Waals surface area (Å²) in [4.78, 5) is 35.5. The van der Waals surface area contributed by atoms with E-state index in [1.807, 2.05) is 36.4 Å². The molecule has 2 rings (SSSR count). The van der Waals surface area contributed by atoms with Gasteiger partial charge < -0.3 is 10.1 Å². The van der Waals surface area contributed by atoms with Gasteiger partial charge in [0.15, 0.2) is 12.4 Å². The zero-order valence-electron chi connectivity index (χ0n) is 15.4. The predicted octanol–water partition coefficient (Wildman–Crippen LogP) is 2.43. The second-order valence-corrected chi connectivity index (χ2v) is 6.10. The number of nitrogens with zero attached hydrogens (tertiary/aromatic N) is 1. The molecule has 0 heterocycles. The Morgan fingerprint density at radius 1 is 1.11 bits per heavy atom. The van der Waals surface area contributed by atoms with Crippen molar-refractivity contribution in [3.8, 4) is 6.07 Å². The molecule has 1 N–H and O–H groups in total. The summed E-state index contributed by atoms with van der Waals surface area (Å²) < 4.78 is 4.90. The first-order chi connectivity index (χ1) is 13.5. The van der Waals surface area contributed by atoms with Crippen LogP contribution >= 0.6 is 0 Å². The highest BCUT2D eigenvalue weighted by Crippen LogP contribution is 2.06. The van der Waals surface area contributed by atoms with E-state index in [2.05, 4.69) is 5.32 Å². The van der Waals surface area contributed by atoms with Crippen molar-refractivity contribution in [2.75, 3.05) is 6.61 Å². The van der Waals surface area contributed by atoms with Gasteiger partial charge in [-0.2, -0.15) is 5.26 Å². The summed E-state index contributed by atoms with van der Waals surface area (Å²) >= 11 is 0. The Labute approximate surface area is 163 Å². The van der Waals surface area contributed by atoms with Crippen LogP contribution in [0.3, 0.4) is 0 Å². The lowest BCUT2D eigenvalue weighted by atomic mass is 10.0. The average molecular weight is 376 g/mol. The van der Waals surface area contributed by atoms with Gasteiger partial charge in [0.2, 0.25) is 0 Å². The van der Waals surface area contributed by atoms with Crippen molar-refractivity contribution in [1.29, 1.82) is 5.26 Å². The summed E-state index contributed by atoms with van der Waals surface area (Å²) in [5.74, 6) is -1.40. The van der Waals surface area contributed by atoms with Gasteiger partial charge in [0.25, 0.3) is 5.91 Å². The summed E-state index contributed by atoms with van der Waals surface area (Å²) in [6, 6.07) is 17.3. The number of hydrogen-bond donors (Lipinski definition) is 1. The molecule has 0 saturated heterocycles. The van der Waals surface area contributed by atoms with Crippen molar-refractivity contribution < 1.29 is 19.1 Å². The topological polar surface area (TPSA) is 96.3 Å². The molecule has 1 atom stereocenters. The van der Waals surface area contributed by atoms with E-state index < -0.39 is 24.5 Å². The Morgan fingerprint density at radius 3 is 2.39 bits per heavy atom. The minimum absolute atomic E-state index is 0.177. The molecule has 28 heavy (non-hydrogen) atoms. The van der Waals surface area contributed by atoms with Crippen molar-refractivity contribution in [3.63, 3.8) is 0 Å². The molecule has 142 valence electrons. The van der Waals surface area contributed by atoms with Crippen molar-refractivity contribution >= 4 is 23.7 Å². The number of rotatable bonds is 8. The molecule has 0 saturated carbocycles. The summed E-state index contributed by atoms with van der Waals surface area (Å²) in [5.41, 5.74) is 2.16. The molecule has 2 aromatic carbocycles. The maximum Gasteiger partial charge on any atom is 0.331 e. The van der Waals surface area contributed by atoms with E-state index in [0.717, 1.165) is 11.1 Å². The SMILES string of the molecule is CC(=O)[C@@H](Cc1ccccc1)NC(=O)COC(=O)/C=C/c1ccc(C#N)cc1. The Morgan fingerprint density at radius 2 is 1.79 bits per heavy atom. The van der Waals surface area contributed by atoms with Crippen LogP contribution in [-0.2, 0) is 25.5 Å². The number of amides is 1. The maximum absolute atomic E-state index is 12.0. The van der Waals surface area contributed by atoms with Gasteiger partial charge in [0.1, 0.15) is 0 Å². The lowest BCUT2D eigenvalue weighted by Gasteiger charge is -2.16. The Kier molecular flexibility index (Phi) is 7.67. The summed E-state index contributed by atoms with van der Waals surface area (Å²) in [5, 5.41) is 11.3. The first-order valence-corrected chi connectivity index (χ1v) is 8.66. The number of nitriles is 1. The van der Waals surface area contributed by atoms with E-state index in [0.29, 0.717) is 12.0 Å². The number of carbonyl (C=O) groups excluding carboxylic acids is 3. The molecule has 1 amide bonds. The van der Waals surface area contributed by atoms with Crippen LogP contribution < -0.4 is 5.32 Å². The lowest BCUT2D eigenvalue weighted by molar-refractivity contribution is -0.144. The fraction of sp³-hybridized carbons (Fsp3) is 0.182. The number of ether oxygens (including phenoxy) is 1. The van der Waals surface area contributed by atoms with Gasteiger partial charge in [-0.25, -0.2) is 4.79 Å². The molecule has 6 heteroatoms. The summed E-state index contributed by atoms with van der Waals surface area (Å²) in [7, 11) is 0. The van der Waals surface area contributed by atoms with Gasteiger partial charge in [-0.15, -0.1) is 0 Å². The molecule has 6 nitrogen and oxygen atoms in total. The first-order valence-electron chi connectivity index (χ1n) is 8.66. The third-order valence-electron chi connectivity index (χ3n) is 3.91. The van der Waals surface area contributed by atoms with Gasteiger partial charge in [-0.3, -0.25) is 9.59 Å². The van der Waals surface area contributed by atoms with Crippen LogP contribution in [0.4, 0.5) is 0 Å². The Hall–Kier alpha value is -3.72. The van der Waals surface area contributed by atoms with Crippen LogP contribution in [0.15, 0.2) is 60.7 Å². The van der Waals surface area contributed by atoms with Gasteiger partial charge in [-0.05, 0) is 42.7 Å². The molecule has 0 unspecified atom stereocenters. The number of nitrogens with one attached hydrogen (secondary N) is 1. The van der Waals surface area contributed by atoms with E-state index >= 15 is 0 Å². The fourth-order valence-corrected chi connectivity index (χ4v) is 2.40. The molecule has 0 bridgehead atoms. The van der Waals surface area contributed by atoms with Crippen molar-refractivity contribution in [3.05, 3.63) is 77.4 Å². The van der Waals surface area contributed by atoms with E-state index in [9.17, 15) is 14.4 Å². The van der Waals surface area contributed by atoms with Gasteiger partial charge in [0, 0.05) is 6.08 Å². The molecule has 0 aromatic heterocycles. The van der Waals surface area contributed by atoms with E-state index in [-0.39, 0.29) is 5.78 Å². The molecule has 0 aliphatic rings. The van der Waals surface area contributed by atoms with Gasteiger partial charge in [0.05, 0.1) is 17.7 Å². The first kappa shape index (κ1) is 20.6. The normalized spacial score (nSPS) is 11.4. The molecule has 0 fully saturated rings. The molecular weight excluding hydrogens is 356 g/mol. The Balaban J connectivity index is 1.82. The largest absolute Gasteiger partial charge is 0.452 e. The molecule has 0 aliphatic carbocycles.